The van der Waals surface area contributed by atoms with Crippen molar-refractivity contribution >= 4 is 15.7 Å². The van der Waals surface area contributed by atoms with Crippen LogP contribution in [0, 0.1) is 11.6 Å². The Morgan fingerprint density at radius 1 is 1.30 bits per heavy atom. The van der Waals surface area contributed by atoms with E-state index in [1.165, 1.54) is 16.8 Å². The molecule has 0 aliphatic heterocycles. The lowest BCUT2D eigenvalue weighted by atomic mass is 10.3. The first-order valence-electron chi connectivity index (χ1n) is 5.58. The SMILES string of the molecule is Cn1cc(S(=O)(=O)Nc2c(F)cccc2F)cc1CO. The van der Waals surface area contributed by atoms with Crippen molar-refractivity contribution in [2.45, 2.75) is 11.5 Å². The van der Waals surface area contributed by atoms with E-state index in [0.29, 0.717) is 5.69 Å². The number of benzene rings is 1. The third-order valence-corrected chi connectivity index (χ3v) is 4.07. The standard InChI is InChI=1S/C12H12F2N2O3S/c1-16-6-9(5-8(16)7-17)20(18,19)15-12-10(13)3-2-4-11(12)14/h2-6,15,17H,7H2,1H3. The van der Waals surface area contributed by atoms with Gasteiger partial charge in [-0.15, -0.1) is 0 Å². The summed E-state index contributed by atoms with van der Waals surface area (Å²) in [4.78, 5) is -0.188. The number of para-hydroxylation sites is 1. The number of hydrogen-bond acceptors (Lipinski definition) is 3. The number of halogens is 2. The average Bonchev–Trinajstić information content (AvgIpc) is 2.76. The Bertz CT molecular complexity index is 721. The molecule has 1 heterocycles. The first kappa shape index (κ1) is 14.5. The minimum Gasteiger partial charge on any atom is -0.390 e. The monoisotopic (exact) mass is 302 g/mol. The smallest absolute Gasteiger partial charge is 0.263 e. The van der Waals surface area contributed by atoms with Gasteiger partial charge in [0, 0.05) is 18.9 Å². The Balaban J connectivity index is 2.41. The van der Waals surface area contributed by atoms with E-state index in [2.05, 4.69) is 0 Å². The lowest BCUT2D eigenvalue weighted by molar-refractivity contribution is 0.272. The minimum absolute atomic E-state index is 0.188. The fraction of sp³-hybridized carbons (Fsp3) is 0.167. The molecule has 2 N–H and O–H groups in total. The van der Waals surface area contributed by atoms with Gasteiger partial charge in [0.2, 0.25) is 0 Å². The van der Waals surface area contributed by atoms with E-state index in [4.69, 9.17) is 5.11 Å². The van der Waals surface area contributed by atoms with Crippen molar-refractivity contribution in [3.63, 3.8) is 0 Å². The van der Waals surface area contributed by atoms with E-state index in [9.17, 15) is 17.2 Å². The number of aryl methyl sites for hydroxylation is 1. The second-order valence-corrected chi connectivity index (χ2v) is 5.82. The number of rotatable bonds is 4. The van der Waals surface area contributed by atoms with Gasteiger partial charge in [0.25, 0.3) is 10.0 Å². The maximum atomic E-state index is 13.4. The highest BCUT2D eigenvalue weighted by Gasteiger charge is 2.21. The van der Waals surface area contributed by atoms with E-state index in [1.54, 1.807) is 7.05 Å². The molecule has 0 amide bonds. The molecule has 8 heteroatoms. The molecule has 0 aliphatic rings. The molecular weight excluding hydrogens is 290 g/mol. The van der Waals surface area contributed by atoms with Gasteiger partial charge < -0.3 is 9.67 Å². The molecule has 20 heavy (non-hydrogen) atoms. The third-order valence-electron chi connectivity index (χ3n) is 2.75. The lowest BCUT2D eigenvalue weighted by Gasteiger charge is -2.08. The van der Waals surface area contributed by atoms with Crippen molar-refractivity contribution in [2.24, 2.45) is 7.05 Å². The number of aliphatic hydroxyl groups is 1. The number of sulfonamides is 1. The van der Waals surface area contributed by atoms with E-state index in [1.807, 2.05) is 4.72 Å². The highest BCUT2D eigenvalue weighted by molar-refractivity contribution is 7.92. The molecule has 0 saturated carbocycles. The van der Waals surface area contributed by atoms with Crippen LogP contribution < -0.4 is 4.72 Å². The van der Waals surface area contributed by atoms with Crippen LogP contribution in [0.4, 0.5) is 14.5 Å². The molecule has 0 atom stereocenters. The fourth-order valence-corrected chi connectivity index (χ4v) is 2.84. The van der Waals surface area contributed by atoms with Crippen LogP contribution in [0.15, 0.2) is 35.4 Å². The van der Waals surface area contributed by atoms with Crippen LogP contribution in [-0.4, -0.2) is 18.1 Å². The van der Waals surface area contributed by atoms with Gasteiger partial charge in [-0.1, -0.05) is 6.07 Å². The summed E-state index contributed by atoms with van der Waals surface area (Å²) in [5.74, 6) is -2.02. The van der Waals surface area contributed by atoms with Gasteiger partial charge in [0.05, 0.1) is 6.61 Å². The van der Waals surface area contributed by atoms with Gasteiger partial charge in [-0.25, -0.2) is 17.2 Å². The van der Waals surface area contributed by atoms with Crippen molar-refractivity contribution in [2.75, 3.05) is 4.72 Å². The minimum atomic E-state index is -4.13. The summed E-state index contributed by atoms with van der Waals surface area (Å²) in [5, 5.41) is 9.02. The molecular formula is C12H12F2N2O3S. The third kappa shape index (κ3) is 2.66. The highest BCUT2D eigenvalue weighted by Crippen LogP contribution is 2.23. The van der Waals surface area contributed by atoms with Crippen LogP contribution in [0.5, 0.6) is 0 Å². The number of aliphatic hydroxyl groups excluding tert-OH is 1. The zero-order valence-corrected chi connectivity index (χ0v) is 11.3. The summed E-state index contributed by atoms with van der Waals surface area (Å²) in [6.45, 7) is -0.347. The van der Waals surface area contributed by atoms with Gasteiger partial charge in [0.1, 0.15) is 22.2 Å². The second kappa shape index (κ2) is 5.22. The van der Waals surface area contributed by atoms with Gasteiger partial charge in [-0.05, 0) is 18.2 Å². The van der Waals surface area contributed by atoms with Crippen molar-refractivity contribution in [3.05, 3.63) is 47.8 Å². The molecule has 0 fully saturated rings. The predicted octanol–water partition coefficient (Wildman–Crippen LogP) is 1.60. The highest BCUT2D eigenvalue weighted by atomic mass is 32.2. The fourth-order valence-electron chi connectivity index (χ4n) is 1.67. The largest absolute Gasteiger partial charge is 0.390 e. The first-order chi connectivity index (χ1) is 9.35. The topological polar surface area (TPSA) is 71.3 Å². The van der Waals surface area contributed by atoms with Gasteiger partial charge >= 0.3 is 0 Å². The molecule has 2 aromatic rings. The zero-order valence-electron chi connectivity index (χ0n) is 10.5. The summed E-state index contributed by atoms with van der Waals surface area (Å²) < 4.78 is 54.2. The van der Waals surface area contributed by atoms with E-state index >= 15 is 0 Å². The van der Waals surface area contributed by atoms with Crippen molar-refractivity contribution < 1.29 is 22.3 Å². The molecule has 0 unspecified atom stereocenters. The van der Waals surface area contributed by atoms with Gasteiger partial charge in [0.15, 0.2) is 0 Å². The van der Waals surface area contributed by atoms with E-state index in [-0.39, 0.29) is 11.5 Å². The van der Waals surface area contributed by atoms with Crippen LogP contribution in [0.3, 0.4) is 0 Å². The summed E-state index contributed by atoms with van der Waals surface area (Å²) in [6.07, 6.45) is 1.24. The first-order valence-corrected chi connectivity index (χ1v) is 7.06. The van der Waals surface area contributed by atoms with E-state index in [0.717, 1.165) is 18.2 Å². The van der Waals surface area contributed by atoms with E-state index < -0.39 is 27.3 Å². The Morgan fingerprint density at radius 2 is 1.90 bits per heavy atom. The number of aromatic nitrogens is 1. The molecule has 0 saturated heterocycles. The second-order valence-electron chi connectivity index (χ2n) is 4.14. The molecule has 1 aromatic carbocycles. The van der Waals surface area contributed by atoms with Crippen LogP contribution in [0.25, 0.3) is 0 Å². The van der Waals surface area contributed by atoms with Crippen molar-refractivity contribution in [1.82, 2.24) is 4.57 Å². The summed E-state index contributed by atoms with van der Waals surface area (Å²) >= 11 is 0. The lowest BCUT2D eigenvalue weighted by Crippen LogP contribution is -2.14. The number of anilines is 1. The van der Waals surface area contributed by atoms with Gasteiger partial charge in [-0.3, -0.25) is 4.72 Å². The molecule has 108 valence electrons. The molecule has 0 aliphatic carbocycles. The summed E-state index contributed by atoms with van der Waals surface area (Å²) in [5.41, 5.74) is -0.374. The van der Waals surface area contributed by atoms with Crippen LogP contribution in [0.2, 0.25) is 0 Å². The maximum absolute atomic E-state index is 13.4. The zero-order chi connectivity index (χ0) is 14.9. The quantitative estimate of drug-likeness (QED) is 0.901. The van der Waals surface area contributed by atoms with Crippen LogP contribution in [-0.2, 0) is 23.7 Å². The maximum Gasteiger partial charge on any atom is 0.263 e. The summed E-state index contributed by atoms with van der Waals surface area (Å²) in [7, 11) is -2.58. The molecule has 0 bridgehead atoms. The van der Waals surface area contributed by atoms with Crippen molar-refractivity contribution in [1.29, 1.82) is 0 Å². The van der Waals surface area contributed by atoms with Gasteiger partial charge in [-0.2, -0.15) is 0 Å². The summed E-state index contributed by atoms with van der Waals surface area (Å²) in [6, 6.07) is 4.26. The van der Waals surface area contributed by atoms with Crippen LogP contribution >= 0.6 is 0 Å². The molecule has 0 spiro atoms. The molecule has 1 aromatic heterocycles. The predicted molar refractivity (Wildman–Crippen MR) is 68.5 cm³/mol. The Morgan fingerprint density at radius 3 is 2.40 bits per heavy atom. The molecule has 0 radical (unpaired) electrons. The number of nitrogens with zero attached hydrogens (tertiary/aromatic N) is 1. The van der Waals surface area contributed by atoms with Crippen molar-refractivity contribution in [3.8, 4) is 0 Å². The average molecular weight is 302 g/mol. The normalized spacial score (nSPS) is 11.6. The molecule has 2 rings (SSSR count). The number of hydrogen-bond donors (Lipinski definition) is 2. The Labute approximate surface area is 114 Å². The van der Waals surface area contributed by atoms with Crippen LogP contribution in [0.1, 0.15) is 5.69 Å². The Hall–Kier alpha value is -1.93. The Kier molecular flexibility index (Phi) is 3.78. The number of nitrogens with one attached hydrogen (secondary N) is 1. The molecule has 5 nitrogen and oxygen atoms in total.